The van der Waals surface area contributed by atoms with E-state index in [4.69, 9.17) is 5.73 Å². The van der Waals surface area contributed by atoms with Gasteiger partial charge in [0, 0.05) is 17.7 Å². The number of nitrogens with one attached hydrogen (secondary N) is 1. The van der Waals surface area contributed by atoms with Crippen molar-refractivity contribution in [2.75, 3.05) is 5.32 Å². The number of carbonyl (C=O) groups is 2. The zero-order chi connectivity index (χ0) is 11.0. The van der Waals surface area contributed by atoms with Gasteiger partial charge in [0.1, 0.15) is 5.75 Å². The Morgan fingerprint density at radius 2 is 2.27 bits per heavy atom. The summed E-state index contributed by atoms with van der Waals surface area (Å²) >= 11 is 0. The summed E-state index contributed by atoms with van der Waals surface area (Å²) in [6.45, 7) is 0. The van der Waals surface area contributed by atoms with Crippen molar-refractivity contribution in [3.63, 3.8) is 0 Å². The molecule has 5 nitrogen and oxygen atoms in total. The lowest BCUT2D eigenvalue weighted by molar-refractivity contribution is -0.123. The highest BCUT2D eigenvalue weighted by molar-refractivity contribution is 6.05. The highest BCUT2D eigenvalue weighted by Gasteiger charge is 2.33. The van der Waals surface area contributed by atoms with Gasteiger partial charge in [0.05, 0.1) is 5.92 Å². The van der Waals surface area contributed by atoms with Gasteiger partial charge >= 0.3 is 0 Å². The van der Waals surface area contributed by atoms with Crippen LogP contribution in [0.15, 0.2) is 18.2 Å². The number of amides is 2. The van der Waals surface area contributed by atoms with Crippen LogP contribution >= 0.6 is 0 Å². The molecule has 1 heterocycles. The Bertz CT molecular complexity index is 442. The largest absolute Gasteiger partial charge is 0.508 e. The quantitative estimate of drug-likeness (QED) is 0.649. The minimum atomic E-state index is -0.668. The van der Waals surface area contributed by atoms with E-state index in [1.165, 1.54) is 6.07 Å². The van der Waals surface area contributed by atoms with Crippen LogP contribution in [0.5, 0.6) is 5.75 Å². The number of primary amides is 1. The molecule has 0 spiro atoms. The number of hydrogen-bond donors (Lipinski definition) is 3. The monoisotopic (exact) mass is 206 g/mol. The molecule has 0 aromatic heterocycles. The molecule has 78 valence electrons. The van der Waals surface area contributed by atoms with Crippen molar-refractivity contribution in [2.24, 2.45) is 5.73 Å². The number of anilines is 1. The Labute approximate surface area is 85.9 Å². The summed E-state index contributed by atoms with van der Waals surface area (Å²) in [7, 11) is 0. The second-order valence-corrected chi connectivity index (χ2v) is 3.45. The summed E-state index contributed by atoms with van der Waals surface area (Å²) in [6, 6.07) is 4.78. The maximum absolute atomic E-state index is 11.5. The fraction of sp³-hybridized carbons (Fsp3) is 0.200. The zero-order valence-electron chi connectivity index (χ0n) is 7.86. The molecule has 5 heteroatoms. The molecule has 1 atom stereocenters. The fourth-order valence-electron chi connectivity index (χ4n) is 1.78. The molecule has 0 unspecified atom stereocenters. The van der Waals surface area contributed by atoms with Crippen LogP contribution in [0.1, 0.15) is 17.9 Å². The number of phenols is 1. The molecule has 2 amide bonds. The number of aromatic hydroxyl groups is 1. The van der Waals surface area contributed by atoms with Gasteiger partial charge in [-0.15, -0.1) is 0 Å². The highest BCUT2D eigenvalue weighted by atomic mass is 16.3. The molecule has 0 saturated carbocycles. The maximum atomic E-state index is 11.5. The molecular formula is C10H10N2O3. The third-order valence-corrected chi connectivity index (χ3v) is 2.41. The average Bonchev–Trinajstić information content (AvgIpc) is 2.43. The van der Waals surface area contributed by atoms with Gasteiger partial charge in [0.15, 0.2) is 0 Å². The molecule has 0 aliphatic carbocycles. The third kappa shape index (κ3) is 1.52. The van der Waals surface area contributed by atoms with Crippen LogP contribution < -0.4 is 11.1 Å². The van der Waals surface area contributed by atoms with Crippen molar-refractivity contribution in [3.05, 3.63) is 23.8 Å². The van der Waals surface area contributed by atoms with Crippen molar-refractivity contribution >= 4 is 17.5 Å². The van der Waals surface area contributed by atoms with Crippen molar-refractivity contribution in [2.45, 2.75) is 12.3 Å². The minimum absolute atomic E-state index is 0.0112. The first-order valence-corrected chi connectivity index (χ1v) is 4.50. The standard InChI is InChI=1S/C10H10N2O3/c11-8(14)4-5-9-6(12-10(5)15)2-1-3-7(9)13/h1-3,5,13H,4H2,(H2,11,14)(H,12,15)/t5-/m1/s1. The lowest BCUT2D eigenvalue weighted by atomic mass is 9.96. The molecule has 0 radical (unpaired) electrons. The van der Waals surface area contributed by atoms with Gasteiger partial charge in [-0.25, -0.2) is 0 Å². The van der Waals surface area contributed by atoms with E-state index in [1.54, 1.807) is 12.1 Å². The molecule has 2 rings (SSSR count). The van der Waals surface area contributed by atoms with Crippen LogP contribution in [0.4, 0.5) is 5.69 Å². The molecular weight excluding hydrogens is 196 g/mol. The first kappa shape index (κ1) is 9.51. The molecule has 0 saturated heterocycles. The lowest BCUT2D eigenvalue weighted by Crippen LogP contribution is -2.20. The molecule has 0 bridgehead atoms. The summed E-state index contributed by atoms with van der Waals surface area (Å²) in [4.78, 5) is 22.3. The minimum Gasteiger partial charge on any atom is -0.508 e. The Morgan fingerprint density at radius 1 is 1.53 bits per heavy atom. The van der Waals surface area contributed by atoms with Crippen molar-refractivity contribution < 1.29 is 14.7 Å². The number of nitrogens with two attached hydrogens (primary N) is 1. The molecule has 1 aromatic rings. The summed E-state index contributed by atoms with van der Waals surface area (Å²) in [5.41, 5.74) is 6.05. The van der Waals surface area contributed by atoms with Gasteiger partial charge < -0.3 is 16.2 Å². The summed E-state index contributed by atoms with van der Waals surface area (Å²) in [6.07, 6.45) is -0.0869. The topological polar surface area (TPSA) is 92.4 Å². The molecule has 4 N–H and O–H groups in total. The first-order valence-electron chi connectivity index (χ1n) is 4.50. The van der Waals surface area contributed by atoms with Gasteiger partial charge in [0.2, 0.25) is 11.8 Å². The van der Waals surface area contributed by atoms with Gasteiger partial charge in [-0.05, 0) is 12.1 Å². The smallest absolute Gasteiger partial charge is 0.232 e. The summed E-state index contributed by atoms with van der Waals surface area (Å²) in [5.74, 6) is -1.52. The first-order chi connectivity index (χ1) is 7.09. The number of phenolic OH excluding ortho intramolecular Hbond substituents is 1. The zero-order valence-corrected chi connectivity index (χ0v) is 7.86. The van der Waals surface area contributed by atoms with Crippen LogP contribution in [0, 0.1) is 0 Å². The Hall–Kier alpha value is -2.04. The van der Waals surface area contributed by atoms with Crippen LogP contribution in [0.3, 0.4) is 0 Å². The molecule has 0 fully saturated rings. The predicted molar refractivity (Wildman–Crippen MR) is 53.3 cm³/mol. The highest BCUT2D eigenvalue weighted by Crippen LogP contribution is 2.40. The average molecular weight is 206 g/mol. The SMILES string of the molecule is NC(=O)C[C@H]1C(=O)Nc2cccc(O)c21. The van der Waals surface area contributed by atoms with Gasteiger partial charge in [0.25, 0.3) is 0 Å². The van der Waals surface area contributed by atoms with E-state index in [1.807, 2.05) is 0 Å². The normalized spacial score (nSPS) is 18.4. The number of benzene rings is 1. The van der Waals surface area contributed by atoms with E-state index in [2.05, 4.69) is 5.32 Å². The van der Waals surface area contributed by atoms with Crippen LogP contribution in [-0.4, -0.2) is 16.9 Å². The maximum Gasteiger partial charge on any atom is 0.232 e. The summed E-state index contributed by atoms with van der Waals surface area (Å²) in [5, 5.41) is 12.2. The van der Waals surface area contributed by atoms with E-state index >= 15 is 0 Å². The molecule has 1 aromatic carbocycles. The Kier molecular flexibility index (Phi) is 2.07. The van der Waals surface area contributed by atoms with Gasteiger partial charge in [-0.2, -0.15) is 0 Å². The fourth-order valence-corrected chi connectivity index (χ4v) is 1.78. The van der Waals surface area contributed by atoms with E-state index < -0.39 is 11.8 Å². The van der Waals surface area contributed by atoms with Crippen LogP contribution in [0.25, 0.3) is 0 Å². The number of fused-ring (bicyclic) bond motifs is 1. The lowest BCUT2D eigenvalue weighted by Gasteiger charge is -2.07. The second-order valence-electron chi connectivity index (χ2n) is 3.45. The van der Waals surface area contributed by atoms with E-state index in [0.29, 0.717) is 11.3 Å². The number of carbonyl (C=O) groups excluding carboxylic acids is 2. The van der Waals surface area contributed by atoms with Crippen LogP contribution in [0.2, 0.25) is 0 Å². The number of rotatable bonds is 2. The van der Waals surface area contributed by atoms with Gasteiger partial charge in [-0.3, -0.25) is 9.59 Å². The van der Waals surface area contributed by atoms with E-state index in [-0.39, 0.29) is 18.1 Å². The van der Waals surface area contributed by atoms with Crippen molar-refractivity contribution in [1.82, 2.24) is 0 Å². The molecule has 15 heavy (non-hydrogen) atoms. The van der Waals surface area contributed by atoms with Gasteiger partial charge in [-0.1, -0.05) is 6.07 Å². The van der Waals surface area contributed by atoms with E-state index in [0.717, 1.165) is 0 Å². The second kappa shape index (κ2) is 3.27. The van der Waals surface area contributed by atoms with E-state index in [9.17, 15) is 14.7 Å². The molecule has 1 aliphatic rings. The van der Waals surface area contributed by atoms with Crippen molar-refractivity contribution in [3.8, 4) is 5.75 Å². The Morgan fingerprint density at radius 3 is 2.93 bits per heavy atom. The third-order valence-electron chi connectivity index (χ3n) is 2.41. The molecule has 1 aliphatic heterocycles. The van der Waals surface area contributed by atoms with Crippen molar-refractivity contribution in [1.29, 1.82) is 0 Å². The van der Waals surface area contributed by atoms with Crippen LogP contribution in [-0.2, 0) is 9.59 Å². The predicted octanol–water partition coefficient (Wildman–Crippen LogP) is 0.303. The Balaban J connectivity index is 2.44. The number of hydrogen-bond acceptors (Lipinski definition) is 3. The summed E-state index contributed by atoms with van der Waals surface area (Å²) < 4.78 is 0.